The van der Waals surface area contributed by atoms with E-state index in [0.29, 0.717) is 25.7 Å². The Morgan fingerprint density at radius 1 is 1.25 bits per heavy atom. The molecule has 1 saturated heterocycles. The number of halogens is 1. The highest BCUT2D eigenvalue weighted by Gasteiger charge is 2.28. The second kappa shape index (κ2) is 7.34. The van der Waals surface area contributed by atoms with Crippen molar-refractivity contribution in [3.05, 3.63) is 36.4 Å². The molecule has 1 aliphatic carbocycles. The molecule has 1 aliphatic heterocycles. The summed E-state index contributed by atoms with van der Waals surface area (Å²) < 4.78 is 11.1. The lowest BCUT2D eigenvalue weighted by atomic mass is 10.1. The highest BCUT2D eigenvalue weighted by atomic mass is 35.5. The quantitative estimate of drug-likeness (QED) is 0.887. The molecule has 24 heavy (non-hydrogen) atoms. The number of ether oxygens (including phenoxy) is 1. The first-order valence-electron chi connectivity index (χ1n) is 7.98. The van der Waals surface area contributed by atoms with Crippen LogP contribution < -0.4 is 10.6 Å². The van der Waals surface area contributed by atoms with E-state index in [-0.39, 0.29) is 24.4 Å². The van der Waals surface area contributed by atoms with Gasteiger partial charge in [-0.1, -0.05) is 0 Å². The average molecular weight is 350 g/mol. The van der Waals surface area contributed by atoms with Crippen molar-refractivity contribution in [2.75, 3.05) is 25.1 Å². The topological polar surface area (TPSA) is 76.4 Å². The fourth-order valence-electron chi connectivity index (χ4n) is 2.62. The van der Waals surface area contributed by atoms with Crippen LogP contribution in [-0.2, 0) is 9.53 Å². The summed E-state index contributed by atoms with van der Waals surface area (Å²) >= 11 is 0. The largest absolute Gasteiger partial charge is 0.440 e. The predicted molar refractivity (Wildman–Crippen MR) is 92.4 cm³/mol. The van der Waals surface area contributed by atoms with Crippen molar-refractivity contribution in [1.29, 1.82) is 0 Å². The van der Waals surface area contributed by atoms with Crippen LogP contribution in [0, 0.1) is 0 Å². The summed E-state index contributed by atoms with van der Waals surface area (Å²) in [5.41, 5.74) is 1.72. The van der Waals surface area contributed by atoms with Gasteiger partial charge in [0.1, 0.15) is 6.04 Å². The number of carbonyl (C=O) groups is 1. The van der Waals surface area contributed by atoms with Crippen LogP contribution in [0.15, 0.2) is 34.9 Å². The number of anilines is 1. The van der Waals surface area contributed by atoms with Crippen molar-refractivity contribution in [3.8, 4) is 11.3 Å². The Bertz CT molecular complexity index is 691. The predicted octanol–water partition coefficient (Wildman–Crippen LogP) is 2.57. The summed E-state index contributed by atoms with van der Waals surface area (Å²) in [5.74, 6) is 2.04. The molecule has 2 N–H and O–H groups in total. The zero-order valence-corrected chi connectivity index (χ0v) is 14.0. The summed E-state index contributed by atoms with van der Waals surface area (Å²) in [4.78, 5) is 16.5. The molecule has 1 amide bonds. The van der Waals surface area contributed by atoms with E-state index in [2.05, 4.69) is 15.6 Å². The maximum atomic E-state index is 12.1. The smallest absolute Gasteiger partial charge is 0.243 e. The number of benzene rings is 1. The Balaban J connectivity index is 0.00000169. The van der Waals surface area contributed by atoms with Crippen LogP contribution in [0.1, 0.15) is 24.7 Å². The van der Waals surface area contributed by atoms with Gasteiger partial charge in [-0.3, -0.25) is 4.79 Å². The first-order valence-corrected chi connectivity index (χ1v) is 7.98. The van der Waals surface area contributed by atoms with Gasteiger partial charge >= 0.3 is 0 Å². The lowest BCUT2D eigenvalue weighted by Crippen LogP contribution is -2.48. The molecule has 1 aromatic carbocycles. The molecule has 0 spiro atoms. The van der Waals surface area contributed by atoms with Gasteiger partial charge in [0.2, 0.25) is 5.91 Å². The van der Waals surface area contributed by atoms with Crippen LogP contribution in [0.2, 0.25) is 0 Å². The van der Waals surface area contributed by atoms with Crippen molar-refractivity contribution < 1.29 is 13.9 Å². The molecular weight excluding hydrogens is 330 g/mol. The van der Waals surface area contributed by atoms with Gasteiger partial charge in [0.15, 0.2) is 11.7 Å². The molecule has 2 aromatic rings. The minimum absolute atomic E-state index is 0. The van der Waals surface area contributed by atoms with Gasteiger partial charge in [0.25, 0.3) is 0 Å². The van der Waals surface area contributed by atoms with Gasteiger partial charge in [-0.2, -0.15) is 0 Å². The van der Waals surface area contributed by atoms with Gasteiger partial charge in [-0.25, -0.2) is 4.98 Å². The number of aromatic nitrogens is 1. The van der Waals surface area contributed by atoms with E-state index in [1.54, 1.807) is 6.20 Å². The molecule has 1 saturated carbocycles. The van der Waals surface area contributed by atoms with Crippen molar-refractivity contribution in [2.45, 2.75) is 24.8 Å². The van der Waals surface area contributed by atoms with Gasteiger partial charge in [0, 0.05) is 23.7 Å². The molecule has 4 rings (SSSR count). The van der Waals surface area contributed by atoms with E-state index in [9.17, 15) is 4.79 Å². The fraction of sp³-hybridized carbons (Fsp3) is 0.412. The summed E-state index contributed by atoms with van der Waals surface area (Å²) in [6.45, 7) is 1.76. The Morgan fingerprint density at radius 2 is 2.04 bits per heavy atom. The average Bonchev–Trinajstić information content (AvgIpc) is 3.34. The normalized spacial score (nSPS) is 20.2. The Morgan fingerprint density at radius 3 is 2.71 bits per heavy atom. The number of hydrogen-bond donors (Lipinski definition) is 2. The molecule has 6 nitrogen and oxygen atoms in total. The summed E-state index contributed by atoms with van der Waals surface area (Å²) in [7, 11) is 0. The number of morpholine rings is 1. The van der Waals surface area contributed by atoms with E-state index >= 15 is 0 Å². The zero-order valence-electron chi connectivity index (χ0n) is 13.2. The summed E-state index contributed by atoms with van der Waals surface area (Å²) in [5, 5.41) is 6.03. The number of nitrogens with one attached hydrogen (secondary N) is 2. The van der Waals surface area contributed by atoms with Crippen molar-refractivity contribution in [3.63, 3.8) is 0 Å². The van der Waals surface area contributed by atoms with E-state index in [1.165, 1.54) is 12.8 Å². The molecule has 7 heteroatoms. The molecule has 1 aromatic heterocycles. The van der Waals surface area contributed by atoms with Crippen LogP contribution in [0.4, 0.5) is 5.69 Å². The fourth-order valence-corrected chi connectivity index (χ4v) is 2.62. The minimum atomic E-state index is -0.293. The first-order chi connectivity index (χ1) is 11.3. The summed E-state index contributed by atoms with van der Waals surface area (Å²) in [6.07, 6.45) is 4.11. The standard InChI is InChI=1S/C17H19N3O3.ClH/c21-16(14-10-22-8-7-18-14)20-13-5-3-11(4-6-13)15-9-19-17(23-15)12-1-2-12;/h3-6,9,12,14,18H,1-2,7-8,10H2,(H,20,21);1H. The highest BCUT2D eigenvalue weighted by Crippen LogP contribution is 2.40. The first kappa shape index (κ1) is 17.0. The second-order valence-electron chi connectivity index (χ2n) is 5.99. The Kier molecular flexibility index (Phi) is 5.18. The molecule has 1 atom stereocenters. The highest BCUT2D eigenvalue weighted by molar-refractivity contribution is 5.95. The van der Waals surface area contributed by atoms with Crippen molar-refractivity contribution >= 4 is 24.0 Å². The lowest BCUT2D eigenvalue weighted by molar-refractivity contribution is -0.120. The molecule has 128 valence electrons. The Labute approximate surface area is 146 Å². The number of oxazole rings is 1. The van der Waals surface area contributed by atoms with Crippen LogP contribution in [0.25, 0.3) is 11.3 Å². The second-order valence-corrected chi connectivity index (χ2v) is 5.99. The van der Waals surface area contributed by atoms with E-state index in [4.69, 9.17) is 9.15 Å². The van der Waals surface area contributed by atoms with Gasteiger partial charge in [0.05, 0.1) is 19.4 Å². The van der Waals surface area contributed by atoms with E-state index in [1.807, 2.05) is 24.3 Å². The van der Waals surface area contributed by atoms with Gasteiger partial charge in [-0.05, 0) is 37.1 Å². The molecular formula is C17H20ClN3O3. The third-order valence-electron chi connectivity index (χ3n) is 4.13. The van der Waals surface area contributed by atoms with E-state index < -0.39 is 0 Å². The maximum Gasteiger partial charge on any atom is 0.243 e. The number of nitrogens with zero attached hydrogens (tertiary/aromatic N) is 1. The summed E-state index contributed by atoms with van der Waals surface area (Å²) in [6, 6.07) is 7.31. The number of hydrogen-bond acceptors (Lipinski definition) is 5. The van der Waals surface area contributed by atoms with Gasteiger partial charge in [-0.15, -0.1) is 12.4 Å². The van der Waals surface area contributed by atoms with Crippen molar-refractivity contribution in [1.82, 2.24) is 10.3 Å². The molecule has 2 aliphatic rings. The number of rotatable bonds is 4. The molecule has 2 fully saturated rings. The number of carbonyl (C=O) groups excluding carboxylic acids is 1. The van der Waals surface area contributed by atoms with Crippen molar-refractivity contribution in [2.24, 2.45) is 0 Å². The third-order valence-corrected chi connectivity index (χ3v) is 4.13. The number of amides is 1. The van der Waals surface area contributed by atoms with Crippen LogP contribution in [0.5, 0.6) is 0 Å². The maximum absolute atomic E-state index is 12.1. The Hall–Kier alpha value is -1.89. The molecule has 0 bridgehead atoms. The van der Waals surface area contributed by atoms with Crippen LogP contribution in [0.3, 0.4) is 0 Å². The lowest BCUT2D eigenvalue weighted by Gasteiger charge is -2.22. The molecule has 2 heterocycles. The van der Waals surface area contributed by atoms with E-state index in [0.717, 1.165) is 22.9 Å². The monoisotopic (exact) mass is 349 g/mol. The van der Waals surface area contributed by atoms with Crippen LogP contribution in [-0.4, -0.2) is 36.7 Å². The van der Waals surface area contributed by atoms with Crippen LogP contribution >= 0.6 is 12.4 Å². The molecule has 0 radical (unpaired) electrons. The minimum Gasteiger partial charge on any atom is -0.440 e. The molecule has 1 unspecified atom stereocenters. The van der Waals surface area contributed by atoms with Gasteiger partial charge < -0.3 is 19.8 Å². The zero-order chi connectivity index (χ0) is 15.6. The third kappa shape index (κ3) is 3.77. The SMILES string of the molecule is Cl.O=C(Nc1ccc(-c2cnc(C3CC3)o2)cc1)C1COCCN1.